The Kier molecular flexibility index (Phi) is 3.77. The van der Waals surface area contributed by atoms with Gasteiger partial charge in [0.15, 0.2) is 0 Å². The van der Waals surface area contributed by atoms with Crippen molar-refractivity contribution in [3.05, 3.63) is 36.2 Å². The topological polar surface area (TPSA) is 60.9 Å². The highest BCUT2D eigenvalue weighted by molar-refractivity contribution is 5.71. The average Bonchev–Trinajstić information content (AvgIpc) is 2.78. The lowest BCUT2D eigenvalue weighted by atomic mass is 10.0. The van der Waals surface area contributed by atoms with Crippen molar-refractivity contribution in [1.29, 1.82) is 0 Å². The summed E-state index contributed by atoms with van der Waals surface area (Å²) in [5.41, 5.74) is 2.89. The molecule has 4 nitrogen and oxygen atoms in total. The van der Waals surface area contributed by atoms with Gasteiger partial charge < -0.3 is 10.4 Å². The zero-order chi connectivity index (χ0) is 12.1. The Hall–Kier alpha value is -1.81. The van der Waals surface area contributed by atoms with Gasteiger partial charge >= 0.3 is 0 Å². The molecule has 0 saturated heterocycles. The molecular formula is C13H17N3O. The first-order chi connectivity index (χ1) is 8.33. The van der Waals surface area contributed by atoms with Crippen LogP contribution >= 0.6 is 0 Å². The van der Waals surface area contributed by atoms with Crippen LogP contribution in [0.5, 0.6) is 5.75 Å². The van der Waals surface area contributed by atoms with Crippen LogP contribution in [0.4, 0.5) is 0 Å². The summed E-state index contributed by atoms with van der Waals surface area (Å²) < 4.78 is 0. The molecule has 1 aromatic heterocycles. The molecule has 1 aromatic carbocycles. The molecule has 0 saturated carbocycles. The molecule has 0 fully saturated rings. The molecule has 0 atom stereocenters. The zero-order valence-corrected chi connectivity index (χ0v) is 9.90. The van der Waals surface area contributed by atoms with Gasteiger partial charge in [0.2, 0.25) is 0 Å². The minimum absolute atomic E-state index is 0.295. The summed E-state index contributed by atoms with van der Waals surface area (Å²) in [7, 11) is 1.94. The fourth-order valence-corrected chi connectivity index (χ4v) is 1.88. The molecule has 0 amide bonds. The molecule has 4 heteroatoms. The number of aromatic nitrogens is 2. The first kappa shape index (κ1) is 11.7. The number of nitrogens with one attached hydrogen (secondary N) is 2. The van der Waals surface area contributed by atoms with Crippen LogP contribution in [0.15, 0.2) is 30.5 Å². The number of hydrogen-bond acceptors (Lipinski definition) is 3. The van der Waals surface area contributed by atoms with Crippen molar-refractivity contribution in [2.24, 2.45) is 0 Å². The Morgan fingerprint density at radius 3 is 2.88 bits per heavy atom. The summed E-state index contributed by atoms with van der Waals surface area (Å²) in [6, 6.07) is 7.33. The predicted octanol–water partition coefficient (Wildman–Crippen LogP) is 1.93. The first-order valence-corrected chi connectivity index (χ1v) is 5.78. The SMILES string of the molecule is CNCCCc1[nH]ncc1-c1ccccc1O. The Bertz CT molecular complexity index is 479. The van der Waals surface area contributed by atoms with Crippen LogP contribution in [0.2, 0.25) is 0 Å². The molecule has 0 radical (unpaired) electrons. The fourth-order valence-electron chi connectivity index (χ4n) is 1.88. The van der Waals surface area contributed by atoms with Gasteiger partial charge in [-0.3, -0.25) is 5.10 Å². The lowest BCUT2D eigenvalue weighted by Gasteiger charge is -2.05. The number of phenols is 1. The summed E-state index contributed by atoms with van der Waals surface area (Å²) in [5, 5.41) is 20.0. The van der Waals surface area contributed by atoms with Crippen molar-refractivity contribution in [3.63, 3.8) is 0 Å². The quantitative estimate of drug-likeness (QED) is 0.689. The van der Waals surface area contributed by atoms with E-state index in [1.807, 2.05) is 25.2 Å². The Labute approximate surface area is 101 Å². The summed E-state index contributed by atoms with van der Waals surface area (Å²) in [5.74, 6) is 0.295. The Balaban J connectivity index is 2.22. The van der Waals surface area contributed by atoms with Crippen LogP contribution in [0.3, 0.4) is 0 Å². The molecule has 0 spiro atoms. The van der Waals surface area contributed by atoms with Crippen LogP contribution in [-0.2, 0) is 6.42 Å². The predicted molar refractivity (Wildman–Crippen MR) is 67.9 cm³/mol. The highest BCUT2D eigenvalue weighted by Crippen LogP contribution is 2.30. The van der Waals surface area contributed by atoms with E-state index in [1.165, 1.54) is 0 Å². The largest absolute Gasteiger partial charge is 0.507 e. The van der Waals surface area contributed by atoms with Gasteiger partial charge in [-0.1, -0.05) is 18.2 Å². The van der Waals surface area contributed by atoms with Crippen molar-refractivity contribution < 1.29 is 5.11 Å². The number of aryl methyl sites for hydroxylation is 1. The number of benzene rings is 1. The lowest BCUT2D eigenvalue weighted by molar-refractivity contribution is 0.477. The lowest BCUT2D eigenvalue weighted by Crippen LogP contribution is -2.08. The van der Waals surface area contributed by atoms with Crippen molar-refractivity contribution in [2.75, 3.05) is 13.6 Å². The Morgan fingerprint density at radius 2 is 2.12 bits per heavy atom. The minimum atomic E-state index is 0.295. The highest BCUT2D eigenvalue weighted by atomic mass is 16.3. The van der Waals surface area contributed by atoms with Crippen molar-refractivity contribution >= 4 is 0 Å². The number of phenolic OH excluding ortho intramolecular Hbond substituents is 1. The second kappa shape index (κ2) is 5.50. The number of hydrogen-bond donors (Lipinski definition) is 3. The third-order valence-corrected chi connectivity index (χ3v) is 2.77. The molecule has 90 valence electrons. The van der Waals surface area contributed by atoms with Gasteiger partial charge in [-0.15, -0.1) is 0 Å². The second-order valence-corrected chi connectivity index (χ2v) is 3.99. The van der Waals surface area contributed by atoms with E-state index in [9.17, 15) is 5.11 Å². The fraction of sp³-hybridized carbons (Fsp3) is 0.308. The van der Waals surface area contributed by atoms with E-state index >= 15 is 0 Å². The normalized spacial score (nSPS) is 10.6. The van der Waals surface area contributed by atoms with Crippen LogP contribution < -0.4 is 5.32 Å². The molecule has 2 rings (SSSR count). The molecule has 0 aliphatic carbocycles. The molecule has 0 aliphatic rings. The van der Waals surface area contributed by atoms with Gasteiger partial charge in [-0.25, -0.2) is 0 Å². The van der Waals surface area contributed by atoms with Crippen LogP contribution in [0.25, 0.3) is 11.1 Å². The second-order valence-electron chi connectivity index (χ2n) is 3.99. The first-order valence-electron chi connectivity index (χ1n) is 5.78. The van der Waals surface area contributed by atoms with Crippen molar-refractivity contribution in [3.8, 4) is 16.9 Å². The Morgan fingerprint density at radius 1 is 1.29 bits per heavy atom. The number of nitrogens with zero attached hydrogens (tertiary/aromatic N) is 1. The molecule has 2 aromatic rings. The van der Waals surface area contributed by atoms with Crippen LogP contribution in [-0.4, -0.2) is 28.9 Å². The van der Waals surface area contributed by atoms with Gasteiger partial charge in [0.1, 0.15) is 5.75 Å². The summed E-state index contributed by atoms with van der Waals surface area (Å²) >= 11 is 0. The van der Waals surface area contributed by atoms with Crippen molar-refractivity contribution in [2.45, 2.75) is 12.8 Å². The number of para-hydroxylation sites is 1. The summed E-state index contributed by atoms with van der Waals surface area (Å²) in [6.07, 6.45) is 3.73. The monoisotopic (exact) mass is 231 g/mol. The molecule has 17 heavy (non-hydrogen) atoms. The molecule has 0 aliphatic heterocycles. The highest BCUT2D eigenvalue weighted by Gasteiger charge is 2.10. The van der Waals surface area contributed by atoms with Gasteiger partial charge in [0, 0.05) is 16.8 Å². The minimum Gasteiger partial charge on any atom is -0.507 e. The molecular weight excluding hydrogens is 214 g/mol. The number of aromatic amines is 1. The van der Waals surface area contributed by atoms with Gasteiger partial charge in [-0.05, 0) is 32.5 Å². The molecule has 0 unspecified atom stereocenters. The number of rotatable bonds is 5. The van der Waals surface area contributed by atoms with Crippen LogP contribution in [0.1, 0.15) is 12.1 Å². The van der Waals surface area contributed by atoms with E-state index in [0.29, 0.717) is 5.75 Å². The maximum Gasteiger partial charge on any atom is 0.123 e. The maximum absolute atomic E-state index is 9.82. The molecule has 3 N–H and O–H groups in total. The smallest absolute Gasteiger partial charge is 0.123 e. The number of aromatic hydroxyl groups is 1. The van der Waals surface area contributed by atoms with E-state index in [-0.39, 0.29) is 0 Å². The van der Waals surface area contributed by atoms with Crippen LogP contribution in [0, 0.1) is 0 Å². The van der Waals surface area contributed by atoms with E-state index < -0.39 is 0 Å². The molecule has 1 heterocycles. The molecule has 0 bridgehead atoms. The third-order valence-electron chi connectivity index (χ3n) is 2.77. The van der Waals surface area contributed by atoms with Crippen molar-refractivity contribution in [1.82, 2.24) is 15.5 Å². The van der Waals surface area contributed by atoms with Gasteiger partial charge in [-0.2, -0.15) is 5.10 Å². The van der Waals surface area contributed by atoms with E-state index in [2.05, 4.69) is 15.5 Å². The number of H-pyrrole nitrogens is 1. The van der Waals surface area contributed by atoms with Gasteiger partial charge in [0.25, 0.3) is 0 Å². The van der Waals surface area contributed by atoms with Gasteiger partial charge in [0.05, 0.1) is 6.20 Å². The summed E-state index contributed by atoms with van der Waals surface area (Å²) in [6.45, 7) is 0.971. The average molecular weight is 231 g/mol. The summed E-state index contributed by atoms with van der Waals surface area (Å²) in [4.78, 5) is 0. The third kappa shape index (κ3) is 2.65. The van der Waals surface area contributed by atoms with E-state index in [4.69, 9.17) is 0 Å². The maximum atomic E-state index is 9.82. The standard InChI is InChI=1S/C13H17N3O/c1-14-8-4-6-12-11(9-15-16-12)10-5-2-3-7-13(10)17/h2-3,5,7,9,14,17H,4,6,8H2,1H3,(H,15,16). The zero-order valence-electron chi connectivity index (χ0n) is 9.90. The van der Waals surface area contributed by atoms with E-state index in [1.54, 1.807) is 12.3 Å². The van der Waals surface area contributed by atoms with E-state index in [0.717, 1.165) is 36.2 Å².